The van der Waals surface area contributed by atoms with E-state index in [0.29, 0.717) is 84.0 Å². The van der Waals surface area contributed by atoms with Crippen molar-refractivity contribution in [2.24, 2.45) is 0 Å². The lowest BCUT2D eigenvalue weighted by molar-refractivity contribution is -0.141. The van der Waals surface area contributed by atoms with Gasteiger partial charge in [0.1, 0.15) is 18.6 Å². The van der Waals surface area contributed by atoms with E-state index in [1.807, 2.05) is 0 Å². The summed E-state index contributed by atoms with van der Waals surface area (Å²) in [4.78, 5) is 21.4. The third kappa shape index (κ3) is 14.9. The van der Waals surface area contributed by atoms with E-state index in [1.165, 1.54) is 7.11 Å². The van der Waals surface area contributed by atoms with Gasteiger partial charge in [-0.05, 0) is 24.3 Å². The molecular formula is C21H32O9. The predicted octanol–water partition coefficient (Wildman–Crippen LogP) is 1.52. The zero-order valence-corrected chi connectivity index (χ0v) is 17.5. The first-order valence-electron chi connectivity index (χ1n) is 9.90. The van der Waals surface area contributed by atoms with E-state index in [1.54, 1.807) is 24.3 Å². The smallest absolute Gasteiger partial charge is 0.307 e. The molecule has 0 aromatic heterocycles. The van der Waals surface area contributed by atoms with Gasteiger partial charge >= 0.3 is 5.97 Å². The highest BCUT2D eigenvalue weighted by atomic mass is 16.6. The molecule has 0 fully saturated rings. The highest BCUT2D eigenvalue weighted by molar-refractivity contribution is 5.74. The summed E-state index contributed by atoms with van der Waals surface area (Å²) in [6.07, 6.45) is 1.04. The summed E-state index contributed by atoms with van der Waals surface area (Å²) in [5.74, 6) is 0.415. The van der Waals surface area contributed by atoms with Crippen LogP contribution in [0.5, 0.6) is 5.75 Å². The van der Waals surface area contributed by atoms with Crippen LogP contribution in [0.4, 0.5) is 0 Å². The number of hydrogen-bond acceptors (Lipinski definition) is 9. The summed E-state index contributed by atoms with van der Waals surface area (Å²) < 4.78 is 36.8. The minimum atomic E-state index is -0.286. The molecule has 0 saturated heterocycles. The first-order valence-corrected chi connectivity index (χ1v) is 9.90. The van der Waals surface area contributed by atoms with E-state index in [-0.39, 0.29) is 12.4 Å². The lowest BCUT2D eigenvalue weighted by Crippen LogP contribution is -2.14. The maximum Gasteiger partial charge on any atom is 0.307 e. The number of hydrogen-bond donors (Lipinski definition) is 0. The molecule has 0 amide bonds. The second-order valence-electron chi connectivity index (χ2n) is 5.92. The molecule has 0 spiro atoms. The summed E-state index contributed by atoms with van der Waals surface area (Å²) in [5.41, 5.74) is 0.617. The van der Waals surface area contributed by atoms with Crippen LogP contribution in [0.1, 0.15) is 16.8 Å². The van der Waals surface area contributed by atoms with Gasteiger partial charge in [-0.1, -0.05) is 0 Å². The lowest BCUT2D eigenvalue weighted by atomic mass is 10.2. The average molecular weight is 428 g/mol. The average Bonchev–Trinajstić information content (AvgIpc) is 2.78. The van der Waals surface area contributed by atoms with Crippen LogP contribution in [0.3, 0.4) is 0 Å². The van der Waals surface area contributed by atoms with Crippen molar-refractivity contribution in [2.75, 3.05) is 79.8 Å². The van der Waals surface area contributed by atoms with Crippen LogP contribution in [0.15, 0.2) is 24.3 Å². The molecule has 0 radical (unpaired) electrons. The van der Waals surface area contributed by atoms with Crippen molar-refractivity contribution in [3.05, 3.63) is 29.8 Å². The molecular weight excluding hydrogens is 396 g/mol. The minimum Gasteiger partial charge on any atom is -0.491 e. The van der Waals surface area contributed by atoms with Crippen LogP contribution < -0.4 is 4.74 Å². The largest absolute Gasteiger partial charge is 0.491 e. The number of aldehydes is 1. The first kappa shape index (κ1) is 26.0. The Bertz CT molecular complexity index is 548. The highest BCUT2D eigenvalue weighted by Gasteiger charge is 1.99. The summed E-state index contributed by atoms with van der Waals surface area (Å²) in [7, 11) is 1.35. The van der Waals surface area contributed by atoms with Crippen molar-refractivity contribution in [3.8, 4) is 5.75 Å². The van der Waals surface area contributed by atoms with Gasteiger partial charge in [0.15, 0.2) is 0 Å². The maximum absolute atomic E-state index is 10.9. The first-order chi connectivity index (χ1) is 14.8. The van der Waals surface area contributed by atoms with E-state index in [4.69, 9.17) is 28.4 Å². The molecule has 30 heavy (non-hydrogen) atoms. The molecule has 1 rings (SSSR count). The van der Waals surface area contributed by atoms with Gasteiger partial charge in [-0.3, -0.25) is 9.59 Å². The van der Waals surface area contributed by atoms with Crippen molar-refractivity contribution < 1.29 is 42.7 Å². The van der Waals surface area contributed by atoms with E-state index in [2.05, 4.69) is 4.74 Å². The van der Waals surface area contributed by atoms with Gasteiger partial charge in [0.05, 0.1) is 79.6 Å². The van der Waals surface area contributed by atoms with E-state index in [0.717, 1.165) is 6.29 Å². The Kier molecular flexibility index (Phi) is 16.4. The number of methoxy groups -OCH3 is 1. The van der Waals surface area contributed by atoms with Gasteiger partial charge in [0.25, 0.3) is 0 Å². The Morgan fingerprint density at radius 3 is 1.57 bits per heavy atom. The Labute approximate surface area is 177 Å². The summed E-state index contributed by atoms with van der Waals surface area (Å²) in [6, 6.07) is 6.91. The minimum absolute atomic E-state index is 0.246. The third-order valence-corrected chi connectivity index (χ3v) is 3.68. The predicted molar refractivity (Wildman–Crippen MR) is 108 cm³/mol. The molecule has 0 unspecified atom stereocenters. The molecule has 0 saturated carbocycles. The number of benzene rings is 1. The Hall–Kier alpha value is -2.04. The Morgan fingerprint density at radius 2 is 1.13 bits per heavy atom. The third-order valence-electron chi connectivity index (χ3n) is 3.68. The van der Waals surface area contributed by atoms with Crippen LogP contribution in [0.25, 0.3) is 0 Å². The van der Waals surface area contributed by atoms with Crippen molar-refractivity contribution in [1.29, 1.82) is 0 Å². The monoisotopic (exact) mass is 428 g/mol. The highest BCUT2D eigenvalue weighted by Crippen LogP contribution is 2.10. The summed E-state index contributed by atoms with van der Waals surface area (Å²) >= 11 is 0. The molecule has 0 aliphatic rings. The van der Waals surface area contributed by atoms with Crippen molar-refractivity contribution in [3.63, 3.8) is 0 Å². The fourth-order valence-corrected chi connectivity index (χ4v) is 2.10. The van der Waals surface area contributed by atoms with Gasteiger partial charge in [-0.15, -0.1) is 0 Å². The molecule has 0 atom stereocenters. The SMILES string of the molecule is COC(=O)CCOCCOCCOCCOCCOCCOc1ccc(C=O)cc1. The number of carbonyl (C=O) groups is 2. The van der Waals surface area contributed by atoms with Gasteiger partial charge in [-0.25, -0.2) is 0 Å². The fraction of sp³-hybridized carbons (Fsp3) is 0.619. The van der Waals surface area contributed by atoms with Crippen molar-refractivity contribution in [1.82, 2.24) is 0 Å². The van der Waals surface area contributed by atoms with Gasteiger partial charge in [-0.2, -0.15) is 0 Å². The number of carbonyl (C=O) groups excluding carboxylic acids is 2. The molecule has 1 aromatic rings. The van der Waals surface area contributed by atoms with Gasteiger partial charge in [0, 0.05) is 5.56 Å². The topological polar surface area (TPSA) is 98.8 Å². The molecule has 170 valence electrons. The molecule has 9 heteroatoms. The number of ether oxygens (including phenoxy) is 7. The van der Waals surface area contributed by atoms with Crippen molar-refractivity contribution in [2.45, 2.75) is 6.42 Å². The van der Waals surface area contributed by atoms with Crippen molar-refractivity contribution >= 4 is 12.3 Å². The lowest BCUT2D eigenvalue weighted by Gasteiger charge is -2.08. The van der Waals surface area contributed by atoms with Crippen LogP contribution >= 0.6 is 0 Å². The zero-order valence-electron chi connectivity index (χ0n) is 17.5. The number of rotatable bonds is 20. The quantitative estimate of drug-likeness (QED) is 0.174. The van der Waals surface area contributed by atoms with E-state index >= 15 is 0 Å². The second-order valence-corrected chi connectivity index (χ2v) is 5.92. The normalized spacial score (nSPS) is 10.7. The van der Waals surface area contributed by atoms with Crippen LogP contribution in [0.2, 0.25) is 0 Å². The fourth-order valence-electron chi connectivity index (χ4n) is 2.10. The molecule has 0 heterocycles. The maximum atomic E-state index is 10.9. The van der Waals surface area contributed by atoms with Gasteiger partial charge < -0.3 is 33.2 Å². The molecule has 0 N–H and O–H groups in total. The molecule has 0 aliphatic carbocycles. The second kappa shape index (κ2) is 19.0. The molecule has 1 aromatic carbocycles. The standard InChI is InChI=1S/C21H32O9/c1-24-21(23)6-7-25-8-9-26-10-11-27-12-13-28-14-15-29-16-17-30-20-4-2-19(18-22)3-5-20/h2-5,18H,6-17H2,1H3. The van der Waals surface area contributed by atoms with Crippen LogP contribution in [-0.2, 0) is 33.2 Å². The zero-order chi connectivity index (χ0) is 21.7. The van der Waals surface area contributed by atoms with Crippen LogP contribution in [-0.4, -0.2) is 92.0 Å². The summed E-state index contributed by atoms with van der Waals surface area (Å²) in [6.45, 7) is 4.98. The van der Waals surface area contributed by atoms with Gasteiger partial charge in [0.2, 0.25) is 0 Å². The van der Waals surface area contributed by atoms with E-state index < -0.39 is 0 Å². The number of esters is 1. The molecule has 0 bridgehead atoms. The summed E-state index contributed by atoms with van der Waals surface area (Å²) in [5, 5.41) is 0. The Balaban J connectivity index is 1.74. The van der Waals surface area contributed by atoms with Crippen LogP contribution in [0, 0.1) is 0 Å². The van der Waals surface area contributed by atoms with E-state index in [9.17, 15) is 9.59 Å². The Morgan fingerprint density at radius 1 is 0.700 bits per heavy atom. The molecule has 9 nitrogen and oxygen atoms in total. The molecule has 0 aliphatic heterocycles.